The van der Waals surface area contributed by atoms with E-state index in [1.54, 1.807) is 7.05 Å². The minimum atomic E-state index is -0.903. The molecule has 0 bridgehead atoms. The van der Waals surface area contributed by atoms with Gasteiger partial charge >= 0.3 is 0 Å². The van der Waals surface area contributed by atoms with E-state index >= 15 is 0 Å². The first-order valence-corrected chi connectivity index (χ1v) is 6.79. The summed E-state index contributed by atoms with van der Waals surface area (Å²) in [6, 6.07) is 3.66. The van der Waals surface area contributed by atoms with Crippen molar-refractivity contribution in [2.24, 2.45) is 11.1 Å². The van der Waals surface area contributed by atoms with Crippen molar-refractivity contribution in [1.29, 1.82) is 0 Å². The molecule has 1 aromatic rings. The van der Waals surface area contributed by atoms with Gasteiger partial charge in [0.15, 0.2) is 11.6 Å². The first kappa shape index (κ1) is 16.6. The van der Waals surface area contributed by atoms with E-state index in [2.05, 4.69) is 0 Å². The van der Waals surface area contributed by atoms with Gasteiger partial charge in [-0.25, -0.2) is 8.78 Å². The predicted octanol–water partition coefficient (Wildman–Crippen LogP) is 2.69. The smallest absolute Gasteiger partial charge is 0.230 e. The summed E-state index contributed by atoms with van der Waals surface area (Å²) in [5.41, 5.74) is 5.73. The van der Waals surface area contributed by atoms with Crippen molar-refractivity contribution < 1.29 is 13.6 Å². The Morgan fingerprint density at radius 3 is 2.30 bits per heavy atom. The van der Waals surface area contributed by atoms with Gasteiger partial charge in [0, 0.05) is 20.1 Å². The minimum Gasteiger partial charge on any atom is -0.341 e. The lowest BCUT2D eigenvalue weighted by Gasteiger charge is -2.33. The Bertz CT molecular complexity index is 465. The van der Waals surface area contributed by atoms with Crippen LogP contribution in [0.3, 0.4) is 0 Å². The van der Waals surface area contributed by atoms with Gasteiger partial charge in [-0.15, -0.1) is 0 Å². The SMILES string of the molecule is CCC(CC)(CN)C(=O)N(C)Cc1ccc(F)c(F)c1. The molecule has 1 rings (SSSR count). The van der Waals surface area contributed by atoms with E-state index in [-0.39, 0.29) is 19.0 Å². The third-order valence-corrected chi connectivity index (χ3v) is 3.95. The number of halogens is 2. The zero-order valence-corrected chi connectivity index (χ0v) is 12.2. The van der Waals surface area contributed by atoms with Crippen LogP contribution >= 0.6 is 0 Å². The maximum atomic E-state index is 13.2. The van der Waals surface area contributed by atoms with Gasteiger partial charge in [-0.2, -0.15) is 0 Å². The predicted molar refractivity (Wildman–Crippen MR) is 74.9 cm³/mol. The van der Waals surface area contributed by atoms with Crippen LogP contribution in [0.25, 0.3) is 0 Å². The standard InChI is InChI=1S/C15H22F2N2O/c1-4-15(5-2,10-18)14(20)19(3)9-11-6-7-12(16)13(17)8-11/h6-8H,4-5,9-10,18H2,1-3H3. The van der Waals surface area contributed by atoms with Crippen molar-refractivity contribution in [2.75, 3.05) is 13.6 Å². The van der Waals surface area contributed by atoms with E-state index in [1.807, 2.05) is 13.8 Å². The molecule has 1 aromatic carbocycles. The van der Waals surface area contributed by atoms with E-state index < -0.39 is 17.0 Å². The molecule has 0 saturated heterocycles. The maximum absolute atomic E-state index is 13.2. The van der Waals surface area contributed by atoms with Gasteiger partial charge in [0.1, 0.15) is 0 Å². The van der Waals surface area contributed by atoms with E-state index in [9.17, 15) is 13.6 Å². The third-order valence-electron chi connectivity index (χ3n) is 3.95. The molecule has 2 N–H and O–H groups in total. The first-order chi connectivity index (χ1) is 9.40. The summed E-state index contributed by atoms with van der Waals surface area (Å²) in [7, 11) is 1.65. The average Bonchev–Trinajstić information content (AvgIpc) is 2.45. The van der Waals surface area contributed by atoms with E-state index in [4.69, 9.17) is 5.73 Å². The molecular weight excluding hydrogens is 262 g/mol. The van der Waals surface area contributed by atoms with Gasteiger partial charge in [0.05, 0.1) is 5.41 Å². The highest BCUT2D eigenvalue weighted by atomic mass is 19.2. The number of hydrogen-bond acceptors (Lipinski definition) is 2. The van der Waals surface area contributed by atoms with Crippen molar-refractivity contribution in [3.8, 4) is 0 Å². The van der Waals surface area contributed by atoms with E-state index in [1.165, 1.54) is 11.0 Å². The second-order valence-corrected chi connectivity index (χ2v) is 5.10. The molecule has 0 radical (unpaired) electrons. The van der Waals surface area contributed by atoms with Crippen molar-refractivity contribution in [2.45, 2.75) is 33.2 Å². The number of nitrogens with two attached hydrogens (primary N) is 1. The molecule has 0 fully saturated rings. The number of hydrogen-bond donors (Lipinski definition) is 1. The Morgan fingerprint density at radius 1 is 1.25 bits per heavy atom. The lowest BCUT2D eigenvalue weighted by molar-refractivity contribution is -0.141. The van der Waals surface area contributed by atoms with E-state index in [0.717, 1.165) is 12.1 Å². The summed E-state index contributed by atoms with van der Waals surface area (Å²) in [5.74, 6) is -1.85. The topological polar surface area (TPSA) is 46.3 Å². The molecule has 20 heavy (non-hydrogen) atoms. The molecule has 3 nitrogen and oxygen atoms in total. The van der Waals surface area contributed by atoms with Crippen molar-refractivity contribution >= 4 is 5.91 Å². The molecular formula is C15H22F2N2O. The summed E-state index contributed by atoms with van der Waals surface area (Å²) >= 11 is 0. The quantitative estimate of drug-likeness (QED) is 0.873. The Kier molecular flexibility index (Phi) is 5.62. The second-order valence-electron chi connectivity index (χ2n) is 5.10. The van der Waals surface area contributed by atoms with Crippen LogP contribution in [0.5, 0.6) is 0 Å². The molecule has 0 heterocycles. The van der Waals surface area contributed by atoms with E-state index in [0.29, 0.717) is 18.4 Å². The number of carbonyl (C=O) groups is 1. The lowest BCUT2D eigenvalue weighted by atomic mass is 9.81. The number of amides is 1. The zero-order valence-electron chi connectivity index (χ0n) is 12.2. The molecule has 0 aliphatic carbocycles. The van der Waals surface area contributed by atoms with Gasteiger partial charge in [-0.3, -0.25) is 4.79 Å². The molecule has 0 atom stereocenters. The largest absolute Gasteiger partial charge is 0.341 e. The summed E-state index contributed by atoms with van der Waals surface area (Å²) < 4.78 is 26.0. The molecule has 112 valence electrons. The molecule has 0 aromatic heterocycles. The number of rotatable bonds is 6. The molecule has 1 amide bonds. The first-order valence-electron chi connectivity index (χ1n) is 6.79. The van der Waals surface area contributed by atoms with Gasteiger partial charge in [0.2, 0.25) is 5.91 Å². The number of nitrogens with zero attached hydrogens (tertiary/aromatic N) is 1. The average molecular weight is 284 g/mol. The fourth-order valence-corrected chi connectivity index (χ4v) is 2.32. The summed E-state index contributed by atoms with van der Waals surface area (Å²) in [6.45, 7) is 4.37. The molecule has 0 aliphatic heterocycles. The van der Waals surface area contributed by atoms with Gasteiger partial charge in [-0.1, -0.05) is 19.9 Å². The van der Waals surface area contributed by atoms with Gasteiger partial charge in [-0.05, 0) is 30.5 Å². The van der Waals surface area contributed by atoms with Gasteiger partial charge < -0.3 is 10.6 Å². The molecule has 0 aliphatic rings. The normalized spacial score (nSPS) is 11.5. The Balaban J connectivity index is 2.86. The minimum absolute atomic E-state index is 0.0604. The monoisotopic (exact) mass is 284 g/mol. The van der Waals surface area contributed by atoms with Crippen LogP contribution in [0.15, 0.2) is 18.2 Å². The molecule has 0 spiro atoms. The molecule has 0 saturated carbocycles. The van der Waals surface area contributed by atoms with Crippen LogP contribution in [0.4, 0.5) is 8.78 Å². The van der Waals surface area contributed by atoms with Gasteiger partial charge in [0.25, 0.3) is 0 Å². The second kappa shape index (κ2) is 6.79. The maximum Gasteiger partial charge on any atom is 0.230 e. The fraction of sp³-hybridized carbons (Fsp3) is 0.533. The highest BCUT2D eigenvalue weighted by Gasteiger charge is 2.35. The Hall–Kier alpha value is -1.49. The zero-order chi connectivity index (χ0) is 15.3. The third kappa shape index (κ3) is 3.33. The number of benzene rings is 1. The van der Waals surface area contributed by atoms with Crippen molar-refractivity contribution in [1.82, 2.24) is 4.90 Å². The Morgan fingerprint density at radius 2 is 1.85 bits per heavy atom. The van der Waals surface area contributed by atoms with Crippen LogP contribution < -0.4 is 5.73 Å². The summed E-state index contributed by atoms with van der Waals surface area (Å²) in [6.07, 6.45) is 1.31. The fourth-order valence-electron chi connectivity index (χ4n) is 2.32. The van der Waals surface area contributed by atoms with Crippen LogP contribution in [0.2, 0.25) is 0 Å². The lowest BCUT2D eigenvalue weighted by Crippen LogP contribution is -2.45. The summed E-state index contributed by atoms with van der Waals surface area (Å²) in [5, 5.41) is 0. The van der Waals surface area contributed by atoms with Crippen LogP contribution in [0.1, 0.15) is 32.3 Å². The Labute approximate surface area is 118 Å². The summed E-state index contributed by atoms with van der Waals surface area (Å²) in [4.78, 5) is 14.0. The molecule has 5 heteroatoms. The highest BCUT2D eigenvalue weighted by Crippen LogP contribution is 2.28. The van der Waals surface area contributed by atoms with Crippen molar-refractivity contribution in [3.05, 3.63) is 35.4 Å². The molecule has 0 unspecified atom stereocenters. The highest BCUT2D eigenvalue weighted by molar-refractivity contribution is 5.82. The number of carbonyl (C=O) groups excluding carboxylic acids is 1. The van der Waals surface area contributed by atoms with Crippen LogP contribution in [0, 0.1) is 17.0 Å². The van der Waals surface area contributed by atoms with Crippen molar-refractivity contribution in [3.63, 3.8) is 0 Å². The van der Waals surface area contributed by atoms with Crippen LogP contribution in [-0.2, 0) is 11.3 Å². The van der Waals surface area contributed by atoms with Crippen LogP contribution in [-0.4, -0.2) is 24.4 Å².